The minimum Gasteiger partial charge on any atom is -0.280 e. The normalized spacial score (nSPS) is 13.3. The molecule has 0 aromatic carbocycles. The van der Waals surface area contributed by atoms with Gasteiger partial charge in [-0.2, -0.15) is 0 Å². The smallest absolute Gasteiger partial charge is 0.280 e. The van der Waals surface area contributed by atoms with Gasteiger partial charge >= 0.3 is 7.82 Å². The third-order valence-corrected chi connectivity index (χ3v) is 10.8. The average molecular weight is 603 g/mol. The summed E-state index contributed by atoms with van der Waals surface area (Å²) >= 11 is 0. The van der Waals surface area contributed by atoms with Crippen molar-refractivity contribution >= 4 is 7.82 Å². The zero-order valence-corrected chi connectivity index (χ0v) is 30.4. The Bertz CT molecular complexity index is 540. The molecule has 0 aliphatic heterocycles. The standard InChI is InChI=1S/C36H75O4P/c1-10-19-28-34(25-16-7,29-20-11-2)38-41(37,39-35(26-17-8,30-21-12-3)31-22-13-4)40-36(27-18-9,32-23-14-5)33-24-15-6/h10-33H2,1-9H3. The molecular formula is C36H75O4P. The lowest BCUT2D eigenvalue weighted by Crippen LogP contribution is -2.40. The molecule has 5 heteroatoms. The van der Waals surface area contributed by atoms with Crippen molar-refractivity contribution in [2.75, 3.05) is 0 Å². The summed E-state index contributed by atoms with van der Waals surface area (Å²) < 4.78 is 36.9. The molecule has 0 fully saturated rings. The second kappa shape index (κ2) is 23.5. The molecular weight excluding hydrogens is 527 g/mol. The first kappa shape index (κ1) is 41.1. The van der Waals surface area contributed by atoms with E-state index in [0.29, 0.717) is 0 Å². The third kappa shape index (κ3) is 16.1. The second-order valence-electron chi connectivity index (χ2n) is 13.1. The summed E-state index contributed by atoms with van der Waals surface area (Å²) in [6.07, 6.45) is 24.3. The summed E-state index contributed by atoms with van der Waals surface area (Å²) in [5, 5.41) is 0. The molecule has 0 N–H and O–H groups in total. The highest BCUT2D eigenvalue weighted by atomic mass is 31.2. The van der Waals surface area contributed by atoms with Crippen LogP contribution in [0.15, 0.2) is 0 Å². The topological polar surface area (TPSA) is 44.8 Å². The summed E-state index contributed by atoms with van der Waals surface area (Å²) in [6, 6.07) is 0. The number of hydrogen-bond donors (Lipinski definition) is 0. The molecule has 4 nitrogen and oxygen atoms in total. The molecule has 0 rings (SSSR count). The van der Waals surface area contributed by atoms with Crippen molar-refractivity contribution in [3.8, 4) is 0 Å². The van der Waals surface area contributed by atoms with E-state index in [1.54, 1.807) is 0 Å². The van der Waals surface area contributed by atoms with Crippen LogP contribution in [-0.2, 0) is 18.1 Å². The number of rotatable bonds is 30. The predicted molar refractivity (Wildman–Crippen MR) is 181 cm³/mol. The van der Waals surface area contributed by atoms with E-state index in [2.05, 4.69) is 62.3 Å². The first-order valence-electron chi connectivity index (χ1n) is 18.4. The van der Waals surface area contributed by atoms with E-state index in [9.17, 15) is 0 Å². The van der Waals surface area contributed by atoms with Crippen LogP contribution in [0.25, 0.3) is 0 Å². The van der Waals surface area contributed by atoms with Crippen molar-refractivity contribution in [2.24, 2.45) is 0 Å². The highest BCUT2D eigenvalue weighted by Crippen LogP contribution is 2.63. The van der Waals surface area contributed by atoms with Crippen LogP contribution >= 0.6 is 7.82 Å². The second-order valence-corrected chi connectivity index (χ2v) is 14.6. The van der Waals surface area contributed by atoms with Crippen LogP contribution in [0.1, 0.15) is 216 Å². The maximum Gasteiger partial charge on any atom is 0.476 e. The Morgan fingerprint density at radius 3 is 0.683 bits per heavy atom. The van der Waals surface area contributed by atoms with Gasteiger partial charge in [0.2, 0.25) is 0 Å². The molecule has 0 amide bonds. The lowest BCUT2D eigenvalue weighted by atomic mass is 9.87. The molecule has 0 aromatic rings. The first-order valence-corrected chi connectivity index (χ1v) is 19.8. The van der Waals surface area contributed by atoms with Crippen LogP contribution in [-0.4, -0.2) is 16.8 Å². The summed E-state index contributed by atoms with van der Waals surface area (Å²) in [5.41, 5.74) is -1.38. The van der Waals surface area contributed by atoms with Gasteiger partial charge in [0.1, 0.15) is 0 Å². The Labute approximate surface area is 258 Å². The Morgan fingerprint density at radius 2 is 0.537 bits per heavy atom. The van der Waals surface area contributed by atoms with Gasteiger partial charge in [0.25, 0.3) is 0 Å². The lowest BCUT2D eigenvalue weighted by molar-refractivity contribution is -0.0896. The zero-order valence-electron chi connectivity index (χ0n) is 29.6. The van der Waals surface area contributed by atoms with Gasteiger partial charge in [0, 0.05) is 0 Å². The van der Waals surface area contributed by atoms with E-state index in [-0.39, 0.29) is 0 Å². The number of phosphoric acid groups is 1. The maximum atomic E-state index is 15.6. The highest BCUT2D eigenvalue weighted by Gasteiger charge is 2.49. The van der Waals surface area contributed by atoms with Gasteiger partial charge in [-0.1, -0.05) is 159 Å². The van der Waals surface area contributed by atoms with Crippen LogP contribution < -0.4 is 0 Å². The Balaban J connectivity index is 7.07. The van der Waals surface area contributed by atoms with Gasteiger partial charge < -0.3 is 0 Å². The van der Waals surface area contributed by atoms with Crippen LogP contribution in [0, 0.1) is 0 Å². The average Bonchev–Trinajstić information content (AvgIpc) is 2.95. The fraction of sp³-hybridized carbons (Fsp3) is 1.00. The molecule has 0 heterocycles. The molecule has 0 saturated heterocycles. The molecule has 0 unspecified atom stereocenters. The van der Waals surface area contributed by atoms with Crippen molar-refractivity contribution in [3.05, 3.63) is 0 Å². The van der Waals surface area contributed by atoms with Crippen molar-refractivity contribution < 1.29 is 18.1 Å². The zero-order chi connectivity index (χ0) is 31.1. The quantitative estimate of drug-likeness (QED) is 0.0767. The number of unbranched alkanes of at least 4 members (excludes halogenated alkanes) is 6. The fourth-order valence-corrected chi connectivity index (χ4v) is 9.02. The number of hydrogen-bond acceptors (Lipinski definition) is 4. The summed E-state index contributed by atoms with van der Waals surface area (Å²) in [4.78, 5) is 0. The van der Waals surface area contributed by atoms with Crippen LogP contribution in [0.4, 0.5) is 0 Å². The molecule has 0 bridgehead atoms. The predicted octanol–water partition coefficient (Wildman–Crippen LogP) is 13.9. The first-order chi connectivity index (χ1) is 19.7. The van der Waals surface area contributed by atoms with Gasteiger partial charge in [-0.05, 0) is 57.8 Å². The largest absolute Gasteiger partial charge is 0.476 e. The fourth-order valence-electron chi connectivity index (χ4n) is 6.66. The van der Waals surface area contributed by atoms with Gasteiger partial charge in [0.05, 0.1) is 16.8 Å². The lowest BCUT2D eigenvalue weighted by Gasteiger charge is -2.44. The Kier molecular flexibility index (Phi) is 23.5. The minimum absolute atomic E-state index is 0.461. The molecule has 0 aromatic heterocycles. The maximum absolute atomic E-state index is 15.6. The van der Waals surface area contributed by atoms with Gasteiger partial charge in [0.15, 0.2) is 0 Å². The van der Waals surface area contributed by atoms with Crippen molar-refractivity contribution in [3.63, 3.8) is 0 Å². The monoisotopic (exact) mass is 603 g/mol. The minimum atomic E-state index is -3.91. The van der Waals surface area contributed by atoms with Gasteiger partial charge in [-0.25, -0.2) is 4.57 Å². The van der Waals surface area contributed by atoms with Gasteiger partial charge in [-0.3, -0.25) is 13.6 Å². The van der Waals surface area contributed by atoms with Crippen molar-refractivity contribution in [1.82, 2.24) is 0 Å². The summed E-state index contributed by atoms with van der Waals surface area (Å²) in [6.45, 7) is 20.2. The summed E-state index contributed by atoms with van der Waals surface area (Å²) in [7, 11) is -3.91. The van der Waals surface area contributed by atoms with Gasteiger partial charge in [-0.15, -0.1) is 0 Å². The Morgan fingerprint density at radius 1 is 0.341 bits per heavy atom. The van der Waals surface area contributed by atoms with E-state index in [1.807, 2.05) is 0 Å². The van der Waals surface area contributed by atoms with E-state index in [0.717, 1.165) is 154 Å². The van der Waals surface area contributed by atoms with Crippen molar-refractivity contribution in [2.45, 2.75) is 233 Å². The Hall–Kier alpha value is 0.110. The molecule has 0 atom stereocenters. The molecule has 0 aliphatic carbocycles. The van der Waals surface area contributed by atoms with E-state index in [4.69, 9.17) is 13.6 Å². The van der Waals surface area contributed by atoms with Crippen LogP contribution in [0.3, 0.4) is 0 Å². The molecule has 0 spiro atoms. The molecule has 0 aliphatic rings. The molecule has 248 valence electrons. The SMILES string of the molecule is CCCCC(CCC)(CCCC)OP(=O)(OC(CCC)(CCCC)CCCC)OC(CCC)(CCCC)CCCC. The van der Waals surface area contributed by atoms with Crippen LogP contribution in [0.5, 0.6) is 0 Å². The van der Waals surface area contributed by atoms with E-state index >= 15 is 4.57 Å². The highest BCUT2D eigenvalue weighted by molar-refractivity contribution is 7.48. The molecule has 0 saturated carbocycles. The van der Waals surface area contributed by atoms with Crippen molar-refractivity contribution in [1.29, 1.82) is 0 Å². The van der Waals surface area contributed by atoms with E-state index in [1.165, 1.54) is 0 Å². The van der Waals surface area contributed by atoms with Crippen LogP contribution in [0.2, 0.25) is 0 Å². The number of phosphoric ester groups is 1. The third-order valence-electron chi connectivity index (χ3n) is 8.95. The molecule has 41 heavy (non-hydrogen) atoms. The van der Waals surface area contributed by atoms with E-state index < -0.39 is 24.6 Å². The molecule has 0 radical (unpaired) electrons. The summed E-state index contributed by atoms with van der Waals surface area (Å²) in [5.74, 6) is 0.